The first-order valence-corrected chi connectivity index (χ1v) is 7.13. The number of aryl methyl sites for hydroxylation is 1. The standard InChI is InChI=1S/C16H20N2O2/c1-11-2-3-15-14(6-11)16(19)7-13(18-15)9-17-8-12-4-5-20-10-12/h2-3,6-7,12,17H,4-5,8-10H2,1H3,(H,18,19)/t12-/m1/s1. The van der Waals surface area contributed by atoms with E-state index in [9.17, 15) is 4.79 Å². The minimum atomic E-state index is 0.0865. The van der Waals surface area contributed by atoms with Crippen LogP contribution in [-0.4, -0.2) is 24.7 Å². The van der Waals surface area contributed by atoms with E-state index >= 15 is 0 Å². The van der Waals surface area contributed by atoms with Gasteiger partial charge in [-0.2, -0.15) is 0 Å². The molecule has 4 nitrogen and oxygen atoms in total. The Labute approximate surface area is 118 Å². The molecule has 1 saturated heterocycles. The van der Waals surface area contributed by atoms with Crippen molar-refractivity contribution in [3.05, 3.63) is 45.7 Å². The van der Waals surface area contributed by atoms with Crippen LogP contribution >= 0.6 is 0 Å². The van der Waals surface area contributed by atoms with Crippen LogP contribution < -0.4 is 10.7 Å². The Morgan fingerprint density at radius 2 is 2.30 bits per heavy atom. The molecule has 0 aliphatic carbocycles. The van der Waals surface area contributed by atoms with Crippen LogP contribution in [-0.2, 0) is 11.3 Å². The summed E-state index contributed by atoms with van der Waals surface area (Å²) >= 11 is 0. The van der Waals surface area contributed by atoms with Gasteiger partial charge in [0.2, 0.25) is 0 Å². The second-order valence-electron chi connectivity index (χ2n) is 5.57. The fourth-order valence-corrected chi connectivity index (χ4v) is 2.67. The van der Waals surface area contributed by atoms with E-state index in [0.29, 0.717) is 12.5 Å². The predicted octanol–water partition coefficient (Wildman–Crippen LogP) is 1.96. The number of hydrogen-bond acceptors (Lipinski definition) is 3. The SMILES string of the molecule is Cc1ccc2[nH]c(CNC[C@H]3CCOC3)cc(=O)c2c1. The highest BCUT2D eigenvalue weighted by molar-refractivity contribution is 5.79. The monoisotopic (exact) mass is 272 g/mol. The molecule has 1 atom stereocenters. The van der Waals surface area contributed by atoms with Crippen molar-refractivity contribution in [1.82, 2.24) is 10.3 Å². The molecule has 2 aromatic rings. The minimum absolute atomic E-state index is 0.0865. The third-order valence-corrected chi connectivity index (χ3v) is 3.81. The van der Waals surface area contributed by atoms with Gasteiger partial charge >= 0.3 is 0 Å². The maximum Gasteiger partial charge on any atom is 0.189 e. The van der Waals surface area contributed by atoms with Crippen molar-refractivity contribution in [2.75, 3.05) is 19.8 Å². The molecular weight excluding hydrogens is 252 g/mol. The van der Waals surface area contributed by atoms with Gasteiger partial charge in [0.15, 0.2) is 5.43 Å². The summed E-state index contributed by atoms with van der Waals surface area (Å²) < 4.78 is 5.35. The van der Waals surface area contributed by atoms with E-state index < -0.39 is 0 Å². The van der Waals surface area contributed by atoms with Crippen LogP contribution in [0.15, 0.2) is 29.1 Å². The molecule has 2 heterocycles. The van der Waals surface area contributed by atoms with E-state index in [1.165, 1.54) is 0 Å². The summed E-state index contributed by atoms with van der Waals surface area (Å²) in [5.74, 6) is 0.602. The fourth-order valence-electron chi connectivity index (χ4n) is 2.67. The Morgan fingerprint density at radius 3 is 3.10 bits per heavy atom. The number of benzene rings is 1. The first kappa shape index (κ1) is 13.3. The van der Waals surface area contributed by atoms with Gasteiger partial charge in [-0.1, -0.05) is 11.6 Å². The Hall–Kier alpha value is -1.65. The van der Waals surface area contributed by atoms with Crippen molar-refractivity contribution in [2.24, 2.45) is 5.92 Å². The van der Waals surface area contributed by atoms with Crippen molar-refractivity contribution >= 4 is 10.9 Å². The highest BCUT2D eigenvalue weighted by Gasteiger charge is 2.14. The molecule has 1 fully saturated rings. The molecule has 1 aliphatic heterocycles. The van der Waals surface area contributed by atoms with Crippen molar-refractivity contribution in [1.29, 1.82) is 0 Å². The summed E-state index contributed by atoms with van der Waals surface area (Å²) in [4.78, 5) is 15.4. The molecule has 0 radical (unpaired) electrons. The van der Waals surface area contributed by atoms with Gasteiger partial charge in [0.05, 0.1) is 6.61 Å². The van der Waals surface area contributed by atoms with E-state index in [0.717, 1.165) is 48.3 Å². The van der Waals surface area contributed by atoms with Gasteiger partial charge in [-0.25, -0.2) is 0 Å². The Kier molecular flexibility index (Phi) is 3.85. The molecule has 0 unspecified atom stereocenters. The summed E-state index contributed by atoms with van der Waals surface area (Å²) in [6, 6.07) is 7.62. The fraction of sp³-hybridized carbons (Fsp3) is 0.438. The third-order valence-electron chi connectivity index (χ3n) is 3.81. The normalized spacial score (nSPS) is 18.8. The molecule has 3 rings (SSSR count). The van der Waals surface area contributed by atoms with Crippen molar-refractivity contribution in [3.63, 3.8) is 0 Å². The lowest BCUT2D eigenvalue weighted by atomic mass is 10.1. The first-order valence-electron chi connectivity index (χ1n) is 7.13. The summed E-state index contributed by atoms with van der Waals surface area (Å²) in [6.07, 6.45) is 1.13. The highest BCUT2D eigenvalue weighted by Crippen LogP contribution is 2.12. The molecule has 20 heavy (non-hydrogen) atoms. The van der Waals surface area contributed by atoms with Gasteiger partial charge in [0.1, 0.15) is 0 Å². The molecule has 0 spiro atoms. The van der Waals surface area contributed by atoms with Crippen molar-refractivity contribution < 1.29 is 4.74 Å². The zero-order chi connectivity index (χ0) is 13.9. The Balaban J connectivity index is 1.72. The van der Waals surface area contributed by atoms with E-state index in [1.807, 2.05) is 25.1 Å². The number of fused-ring (bicyclic) bond motifs is 1. The van der Waals surface area contributed by atoms with Gasteiger partial charge in [0.25, 0.3) is 0 Å². The molecule has 1 aliphatic rings. The molecule has 0 bridgehead atoms. The summed E-state index contributed by atoms with van der Waals surface area (Å²) in [7, 11) is 0. The topological polar surface area (TPSA) is 54.1 Å². The van der Waals surface area contributed by atoms with Crippen LogP contribution in [0.2, 0.25) is 0 Å². The number of ether oxygens (including phenoxy) is 1. The number of aromatic nitrogens is 1. The molecule has 1 aromatic carbocycles. The lowest BCUT2D eigenvalue weighted by Gasteiger charge is -2.10. The average Bonchev–Trinajstić information content (AvgIpc) is 2.93. The second kappa shape index (κ2) is 5.77. The molecule has 4 heteroatoms. The third kappa shape index (κ3) is 2.92. The molecule has 0 saturated carbocycles. The second-order valence-corrected chi connectivity index (χ2v) is 5.57. The highest BCUT2D eigenvalue weighted by atomic mass is 16.5. The Bertz CT molecular complexity index is 657. The number of rotatable bonds is 4. The summed E-state index contributed by atoms with van der Waals surface area (Å²) in [5, 5.41) is 4.16. The number of pyridine rings is 1. The van der Waals surface area contributed by atoms with Crippen molar-refractivity contribution in [3.8, 4) is 0 Å². The molecule has 0 amide bonds. The van der Waals surface area contributed by atoms with Gasteiger partial charge in [-0.05, 0) is 31.4 Å². The summed E-state index contributed by atoms with van der Waals surface area (Å²) in [5.41, 5.74) is 3.04. The predicted molar refractivity (Wildman–Crippen MR) is 79.9 cm³/mol. The largest absolute Gasteiger partial charge is 0.381 e. The average molecular weight is 272 g/mol. The number of nitrogens with one attached hydrogen (secondary N) is 2. The maximum atomic E-state index is 12.1. The lowest BCUT2D eigenvalue weighted by Crippen LogP contribution is -2.23. The summed E-state index contributed by atoms with van der Waals surface area (Å²) in [6.45, 7) is 5.35. The van der Waals surface area contributed by atoms with Crippen LogP contribution in [0.3, 0.4) is 0 Å². The van der Waals surface area contributed by atoms with Gasteiger partial charge < -0.3 is 15.0 Å². The van der Waals surface area contributed by atoms with Gasteiger partial charge in [-0.3, -0.25) is 4.79 Å². The van der Waals surface area contributed by atoms with Gasteiger partial charge in [0, 0.05) is 42.4 Å². The van der Waals surface area contributed by atoms with Crippen LogP contribution in [0.25, 0.3) is 10.9 Å². The zero-order valence-electron chi connectivity index (χ0n) is 11.7. The smallest absolute Gasteiger partial charge is 0.189 e. The quantitative estimate of drug-likeness (QED) is 0.894. The Morgan fingerprint density at radius 1 is 1.40 bits per heavy atom. The van der Waals surface area contributed by atoms with Crippen LogP contribution in [0, 0.1) is 12.8 Å². The van der Waals surface area contributed by atoms with Gasteiger partial charge in [-0.15, -0.1) is 0 Å². The number of hydrogen-bond donors (Lipinski definition) is 2. The molecule has 2 N–H and O–H groups in total. The minimum Gasteiger partial charge on any atom is -0.381 e. The van der Waals surface area contributed by atoms with Crippen LogP contribution in [0.1, 0.15) is 17.7 Å². The van der Waals surface area contributed by atoms with E-state index in [1.54, 1.807) is 6.07 Å². The first-order chi connectivity index (χ1) is 9.72. The number of H-pyrrole nitrogens is 1. The molecular formula is C16H20N2O2. The maximum absolute atomic E-state index is 12.1. The van der Waals surface area contributed by atoms with Crippen LogP contribution in [0.5, 0.6) is 0 Å². The zero-order valence-corrected chi connectivity index (χ0v) is 11.7. The number of aromatic amines is 1. The van der Waals surface area contributed by atoms with Crippen molar-refractivity contribution in [2.45, 2.75) is 19.9 Å². The van der Waals surface area contributed by atoms with E-state index in [4.69, 9.17) is 4.74 Å². The van der Waals surface area contributed by atoms with E-state index in [-0.39, 0.29) is 5.43 Å². The lowest BCUT2D eigenvalue weighted by molar-refractivity contribution is 0.185. The van der Waals surface area contributed by atoms with Crippen LogP contribution in [0.4, 0.5) is 0 Å². The van der Waals surface area contributed by atoms with E-state index in [2.05, 4.69) is 10.3 Å². The molecule has 106 valence electrons. The molecule has 1 aromatic heterocycles.